The van der Waals surface area contributed by atoms with Crippen LogP contribution in [-0.2, 0) is 16.0 Å². The van der Waals surface area contributed by atoms with Crippen LogP contribution in [0.3, 0.4) is 0 Å². The maximum Gasteiger partial charge on any atom is 0.220 e. The number of hydrogen-bond acceptors (Lipinski definition) is 2. The molecule has 4 heteroatoms. The van der Waals surface area contributed by atoms with Crippen molar-refractivity contribution in [1.29, 1.82) is 0 Å². The summed E-state index contributed by atoms with van der Waals surface area (Å²) in [5.41, 5.74) is 0. The molecule has 0 aliphatic carbocycles. The van der Waals surface area contributed by atoms with E-state index in [2.05, 4.69) is 5.32 Å². The molecule has 1 aliphatic heterocycles. The first-order chi connectivity index (χ1) is 4.63. The van der Waals surface area contributed by atoms with E-state index >= 15 is 0 Å². The van der Waals surface area contributed by atoms with Gasteiger partial charge in [-0.05, 0) is 6.42 Å². The maximum absolute atomic E-state index is 10.1. The zero-order chi connectivity index (χ0) is 7.98. The van der Waals surface area contributed by atoms with Gasteiger partial charge >= 0.3 is 0 Å². The van der Waals surface area contributed by atoms with Crippen LogP contribution in [0.15, 0.2) is 0 Å². The monoisotopic (exact) mass is 163 g/mol. The third-order valence-corrected chi connectivity index (χ3v) is 0.903. The normalized spacial score (nSPS) is 16.2. The highest BCUT2D eigenvalue weighted by molar-refractivity contribution is 7.89. The van der Waals surface area contributed by atoms with Crippen LogP contribution in [0.25, 0.3) is 0 Å². The molecule has 0 aromatic heterocycles. The summed E-state index contributed by atoms with van der Waals surface area (Å²) in [5.74, 6) is 0.204. The third-order valence-electron chi connectivity index (χ3n) is 0.903. The van der Waals surface area contributed by atoms with Crippen molar-refractivity contribution >= 4 is 17.1 Å². The summed E-state index contributed by atoms with van der Waals surface area (Å²) in [6, 6.07) is 0. The minimum Gasteiger partial charge on any atom is -0.617 e. The number of rotatable bonds is 0. The highest BCUT2D eigenvalue weighted by Crippen LogP contribution is 1.93. The van der Waals surface area contributed by atoms with Crippen LogP contribution in [-0.4, -0.2) is 29.5 Å². The van der Waals surface area contributed by atoms with Gasteiger partial charge < -0.3 is 9.87 Å². The lowest BCUT2D eigenvalue weighted by atomic mass is 10.4. The van der Waals surface area contributed by atoms with E-state index in [9.17, 15) is 9.35 Å². The van der Waals surface area contributed by atoms with Crippen LogP contribution in [0, 0.1) is 0 Å². The van der Waals surface area contributed by atoms with Crippen LogP contribution < -0.4 is 5.32 Å². The summed E-state index contributed by atoms with van der Waals surface area (Å²) < 4.78 is 9.56. The van der Waals surface area contributed by atoms with E-state index in [1.807, 2.05) is 0 Å². The van der Waals surface area contributed by atoms with Crippen LogP contribution in [0.4, 0.5) is 0 Å². The largest absolute Gasteiger partial charge is 0.617 e. The third kappa shape index (κ3) is 7.78. The molecule has 0 spiro atoms. The summed E-state index contributed by atoms with van der Waals surface area (Å²) in [6.45, 7) is 0.888. The van der Waals surface area contributed by atoms with Crippen LogP contribution in [0.1, 0.15) is 12.8 Å². The molecule has 0 saturated carbocycles. The molecule has 1 heterocycles. The summed E-state index contributed by atoms with van der Waals surface area (Å²) in [7, 11) is 0. The number of amides is 1. The lowest BCUT2D eigenvalue weighted by molar-refractivity contribution is -0.119. The second-order valence-electron chi connectivity index (χ2n) is 2.20. The van der Waals surface area contributed by atoms with E-state index in [-0.39, 0.29) is 5.91 Å². The Labute approximate surface area is 64.4 Å². The lowest BCUT2D eigenvalue weighted by Gasteiger charge is -1.87. The molecule has 0 aromatic carbocycles. The van der Waals surface area contributed by atoms with E-state index in [0.29, 0.717) is 0 Å². The minimum atomic E-state index is -0.611. The predicted molar refractivity (Wildman–Crippen MR) is 42.2 cm³/mol. The van der Waals surface area contributed by atoms with Crippen molar-refractivity contribution in [2.24, 2.45) is 0 Å². The number of carbonyl (C=O) groups is 1. The Morgan fingerprint density at radius 1 is 1.60 bits per heavy atom. The Morgan fingerprint density at radius 3 is 2.20 bits per heavy atom. The Morgan fingerprint density at radius 2 is 2.10 bits per heavy atom. The van der Waals surface area contributed by atoms with Gasteiger partial charge in [-0.3, -0.25) is 4.79 Å². The molecule has 1 aliphatic rings. The molecular weight excluding hydrogens is 150 g/mol. The first-order valence-corrected chi connectivity index (χ1v) is 5.11. The zero-order valence-electron chi connectivity index (χ0n) is 6.35. The Balaban J connectivity index is 0.000000180. The fraction of sp³-hybridized carbons (Fsp3) is 0.833. The van der Waals surface area contributed by atoms with Crippen molar-refractivity contribution in [2.75, 3.05) is 19.1 Å². The second kappa shape index (κ2) is 5.56. The molecule has 0 radical (unpaired) electrons. The highest BCUT2D eigenvalue weighted by atomic mass is 32.2. The first-order valence-electron chi connectivity index (χ1n) is 3.14. The first kappa shape index (κ1) is 9.78. The minimum absolute atomic E-state index is 0.204. The Hall–Kier alpha value is -0.220. The smallest absolute Gasteiger partial charge is 0.220 e. The molecule has 1 N–H and O–H groups in total. The highest BCUT2D eigenvalue weighted by Gasteiger charge is 2.05. The van der Waals surface area contributed by atoms with E-state index in [1.54, 1.807) is 12.5 Å². The fourth-order valence-corrected chi connectivity index (χ4v) is 0.565. The number of carbonyl (C=O) groups excluding carboxylic acids is 1. The van der Waals surface area contributed by atoms with Crippen molar-refractivity contribution in [3.8, 4) is 0 Å². The molecule has 0 bridgehead atoms. The molecular formula is C6H13NO2S. The standard InChI is InChI=1S/C4H7NO.C2H6OS/c6-4-2-1-3-5-4;1-4(2)3/h1-3H2,(H,5,6);1-2H3. The van der Waals surface area contributed by atoms with Crippen molar-refractivity contribution in [3.63, 3.8) is 0 Å². The molecule has 1 amide bonds. The summed E-state index contributed by atoms with van der Waals surface area (Å²) in [4.78, 5) is 10.1. The maximum atomic E-state index is 10.1. The predicted octanol–water partition coefficient (Wildman–Crippen LogP) is -0.109. The van der Waals surface area contributed by atoms with Crippen LogP contribution in [0.5, 0.6) is 0 Å². The van der Waals surface area contributed by atoms with E-state index in [4.69, 9.17) is 0 Å². The van der Waals surface area contributed by atoms with Crippen LogP contribution in [0.2, 0.25) is 0 Å². The van der Waals surface area contributed by atoms with Gasteiger partial charge in [0.1, 0.15) is 0 Å². The average Bonchev–Trinajstić information content (AvgIpc) is 2.15. The lowest BCUT2D eigenvalue weighted by Crippen LogP contribution is -2.12. The summed E-state index contributed by atoms with van der Waals surface area (Å²) >= 11 is -0.611. The van der Waals surface area contributed by atoms with Gasteiger partial charge in [-0.25, -0.2) is 0 Å². The summed E-state index contributed by atoms with van der Waals surface area (Å²) in [5, 5.41) is 2.68. The molecule has 1 rings (SSSR count). The molecule has 3 nitrogen and oxygen atoms in total. The molecule has 10 heavy (non-hydrogen) atoms. The van der Waals surface area contributed by atoms with Gasteiger partial charge in [0.2, 0.25) is 5.91 Å². The SMILES string of the molecule is C[S+](C)[O-].O=C1CCCN1. The van der Waals surface area contributed by atoms with Crippen molar-refractivity contribution in [3.05, 3.63) is 0 Å². The molecule has 0 unspecified atom stereocenters. The quantitative estimate of drug-likeness (QED) is 0.507. The summed E-state index contributed by atoms with van der Waals surface area (Å²) in [6.07, 6.45) is 5.04. The molecule has 1 fully saturated rings. The fourth-order valence-electron chi connectivity index (χ4n) is 0.565. The Bertz CT molecular complexity index is 95.2. The van der Waals surface area contributed by atoms with Crippen molar-refractivity contribution in [1.82, 2.24) is 5.32 Å². The van der Waals surface area contributed by atoms with Gasteiger partial charge in [-0.2, -0.15) is 0 Å². The van der Waals surface area contributed by atoms with Crippen molar-refractivity contribution in [2.45, 2.75) is 12.8 Å². The van der Waals surface area contributed by atoms with Crippen LogP contribution >= 0.6 is 0 Å². The van der Waals surface area contributed by atoms with Gasteiger partial charge in [-0.15, -0.1) is 0 Å². The average molecular weight is 163 g/mol. The molecule has 0 atom stereocenters. The topological polar surface area (TPSA) is 52.2 Å². The molecule has 0 aromatic rings. The van der Waals surface area contributed by atoms with Gasteiger partial charge in [0.05, 0.1) is 12.5 Å². The van der Waals surface area contributed by atoms with Gasteiger partial charge in [0, 0.05) is 13.0 Å². The Kier molecular flexibility index (Phi) is 5.43. The number of nitrogens with one attached hydrogen (secondary N) is 1. The van der Waals surface area contributed by atoms with Gasteiger partial charge in [0.15, 0.2) is 0 Å². The molecule has 60 valence electrons. The molecule has 1 saturated heterocycles. The van der Waals surface area contributed by atoms with E-state index in [0.717, 1.165) is 19.4 Å². The van der Waals surface area contributed by atoms with Gasteiger partial charge in [-0.1, -0.05) is 11.2 Å². The van der Waals surface area contributed by atoms with Crippen molar-refractivity contribution < 1.29 is 9.35 Å². The van der Waals surface area contributed by atoms with E-state index < -0.39 is 11.2 Å². The van der Waals surface area contributed by atoms with E-state index in [1.165, 1.54) is 0 Å². The number of hydrogen-bond donors (Lipinski definition) is 1. The second-order valence-corrected chi connectivity index (χ2v) is 3.68. The zero-order valence-corrected chi connectivity index (χ0v) is 7.16. The van der Waals surface area contributed by atoms with Gasteiger partial charge in [0.25, 0.3) is 0 Å².